The summed E-state index contributed by atoms with van der Waals surface area (Å²) in [5.74, 6) is -0.366. The summed E-state index contributed by atoms with van der Waals surface area (Å²) in [6.45, 7) is 0.751. The van der Waals surface area contributed by atoms with E-state index in [2.05, 4.69) is 4.98 Å². The van der Waals surface area contributed by atoms with Gasteiger partial charge in [-0.05, 0) is 54.7 Å². The number of fused-ring (bicyclic) bond motifs is 1. The molecule has 0 bridgehead atoms. The number of amides is 1. The van der Waals surface area contributed by atoms with E-state index in [1.165, 1.54) is 44.0 Å². The molecule has 0 unspecified atom stereocenters. The van der Waals surface area contributed by atoms with Gasteiger partial charge in [-0.3, -0.25) is 14.9 Å². The summed E-state index contributed by atoms with van der Waals surface area (Å²) in [4.78, 5) is 29.8. The van der Waals surface area contributed by atoms with Gasteiger partial charge in [-0.1, -0.05) is 6.07 Å². The number of aryl methyl sites for hydroxylation is 2. The molecule has 3 aromatic rings. The highest BCUT2D eigenvalue weighted by atomic mass is 32.2. The van der Waals surface area contributed by atoms with Gasteiger partial charge in [0.1, 0.15) is 5.69 Å². The normalized spacial score (nSPS) is 16.4. The number of nitro benzene ring substituents is 1. The third-order valence-corrected chi connectivity index (χ3v) is 8.33. The van der Waals surface area contributed by atoms with Gasteiger partial charge in [-0.15, -0.1) is 0 Å². The first-order chi connectivity index (χ1) is 16.3. The number of nitrogens with zero attached hydrogens (tertiary/aromatic N) is 5. The summed E-state index contributed by atoms with van der Waals surface area (Å²) in [5, 5.41) is 11.6. The lowest BCUT2D eigenvalue weighted by Gasteiger charge is -2.34. The molecule has 1 aromatic heterocycles. The first kappa shape index (κ1) is 22.2. The van der Waals surface area contributed by atoms with E-state index in [9.17, 15) is 23.3 Å². The maximum atomic E-state index is 13.1. The molecule has 0 radical (unpaired) electrons. The highest BCUT2D eigenvalue weighted by Crippen LogP contribution is 2.28. The number of piperazine rings is 1. The van der Waals surface area contributed by atoms with Gasteiger partial charge in [0.25, 0.3) is 11.6 Å². The van der Waals surface area contributed by atoms with Crippen molar-refractivity contribution >= 4 is 21.6 Å². The molecule has 0 N–H and O–H groups in total. The van der Waals surface area contributed by atoms with E-state index in [0.717, 1.165) is 24.8 Å². The predicted molar refractivity (Wildman–Crippen MR) is 123 cm³/mol. The van der Waals surface area contributed by atoms with Crippen LogP contribution in [0.2, 0.25) is 0 Å². The SMILES string of the molecule is O=C(c1ccc(-n2ccnc2)c([N+](=O)[O-])c1)N1CCN(S(=O)(=O)c2ccc3c(c2)CCC3)CC1. The van der Waals surface area contributed by atoms with E-state index < -0.39 is 14.9 Å². The Balaban J connectivity index is 1.30. The highest BCUT2D eigenvalue weighted by molar-refractivity contribution is 7.89. The molecule has 2 heterocycles. The summed E-state index contributed by atoms with van der Waals surface area (Å²) in [6.07, 6.45) is 7.47. The van der Waals surface area contributed by atoms with Crippen molar-refractivity contribution in [2.24, 2.45) is 0 Å². The molecular formula is C23H23N5O5S. The maximum Gasteiger partial charge on any atom is 0.294 e. The van der Waals surface area contributed by atoms with Gasteiger partial charge in [0.05, 0.1) is 16.1 Å². The lowest BCUT2D eigenvalue weighted by atomic mass is 10.1. The van der Waals surface area contributed by atoms with Gasteiger partial charge in [0.2, 0.25) is 10.0 Å². The van der Waals surface area contributed by atoms with Crippen LogP contribution in [0.5, 0.6) is 0 Å². The van der Waals surface area contributed by atoms with E-state index in [1.807, 2.05) is 6.07 Å². The fourth-order valence-corrected chi connectivity index (χ4v) is 6.07. The Kier molecular flexibility index (Phi) is 5.66. The zero-order valence-electron chi connectivity index (χ0n) is 18.3. The van der Waals surface area contributed by atoms with Crippen molar-refractivity contribution in [3.8, 4) is 5.69 Å². The molecule has 0 atom stereocenters. The van der Waals surface area contributed by atoms with Crippen molar-refractivity contribution in [3.63, 3.8) is 0 Å². The van der Waals surface area contributed by atoms with E-state index in [4.69, 9.17) is 0 Å². The van der Waals surface area contributed by atoms with Gasteiger partial charge < -0.3 is 9.47 Å². The summed E-state index contributed by atoms with van der Waals surface area (Å²) >= 11 is 0. The van der Waals surface area contributed by atoms with Gasteiger partial charge in [0, 0.05) is 50.2 Å². The number of imidazole rings is 1. The van der Waals surface area contributed by atoms with Crippen LogP contribution in [-0.4, -0.2) is 64.2 Å². The molecular weight excluding hydrogens is 458 g/mol. The predicted octanol–water partition coefficient (Wildman–Crippen LogP) is 2.42. The fraction of sp³-hybridized carbons (Fsp3) is 0.304. The lowest BCUT2D eigenvalue weighted by Crippen LogP contribution is -2.50. The average molecular weight is 482 g/mol. The van der Waals surface area contributed by atoms with Crippen LogP contribution in [0.4, 0.5) is 5.69 Å². The Morgan fingerprint density at radius 1 is 1.00 bits per heavy atom. The topological polar surface area (TPSA) is 119 Å². The standard InChI is InChI=1S/C23H23N5O5S/c29-23(19-5-7-21(22(15-19)28(30)31)26-9-8-24-16-26)25-10-12-27(13-11-25)34(32,33)20-6-4-17-2-1-3-18(17)14-20/h4-9,14-16H,1-3,10-13H2. The average Bonchev–Trinajstić information content (AvgIpc) is 3.55. The quantitative estimate of drug-likeness (QED) is 0.408. The summed E-state index contributed by atoms with van der Waals surface area (Å²) in [7, 11) is -3.65. The van der Waals surface area contributed by atoms with Crippen molar-refractivity contribution in [3.05, 3.63) is 81.9 Å². The van der Waals surface area contributed by atoms with Crippen LogP contribution in [-0.2, 0) is 22.9 Å². The zero-order valence-corrected chi connectivity index (χ0v) is 19.1. The molecule has 2 aliphatic rings. The minimum atomic E-state index is -3.65. The van der Waals surface area contributed by atoms with Crippen LogP contribution in [0.25, 0.3) is 5.69 Å². The number of hydrogen-bond donors (Lipinski definition) is 0. The minimum absolute atomic E-state index is 0.167. The molecule has 10 nitrogen and oxygen atoms in total. The Labute approximate surface area is 196 Å². The van der Waals surface area contributed by atoms with Crippen molar-refractivity contribution in [1.82, 2.24) is 18.8 Å². The zero-order chi connectivity index (χ0) is 23.9. The fourth-order valence-electron chi connectivity index (χ4n) is 4.59. The first-order valence-electron chi connectivity index (χ1n) is 11.0. The number of hydrogen-bond acceptors (Lipinski definition) is 6. The Bertz CT molecular complexity index is 1360. The second kappa shape index (κ2) is 8.65. The smallest absolute Gasteiger partial charge is 0.294 e. The summed E-state index contributed by atoms with van der Waals surface area (Å²) in [5.41, 5.74) is 2.59. The van der Waals surface area contributed by atoms with Gasteiger partial charge in [-0.25, -0.2) is 13.4 Å². The first-order valence-corrected chi connectivity index (χ1v) is 12.5. The molecule has 0 spiro atoms. The van der Waals surface area contributed by atoms with Crippen LogP contribution in [0.1, 0.15) is 27.9 Å². The third-order valence-electron chi connectivity index (χ3n) is 6.44. The molecule has 1 aliphatic heterocycles. The minimum Gasteiger partial charge on any atom is -0.336 e. The molecule has 5 rings (SSSR count). The second-order valence-corrected chi connectivity index (χ2v) is 10.3. The van der Waals surface area contributed by atoms with Gasteiger partial charge in [-0.2, -0.15) is 4.31 Å². The number of sulfonamides is 1. The summed E-state index contributed by atoms with van der Waals surface area (Å²) in [6, 6.07) is 9.65. The Hall–Kier alpha value is -3.57. The molecule has 34 heavy (non-hydrogen) atoms. The number of benzene rings is 2. The van der Waals surface area contributed by atoms with E-state index in [-0.39, 0.29) is 43.3 Å². The molecule has 1 saturated heterocycles. The van der Waals surface area contributed by atoms with Crippen molar-refractivity contribution in [2.45, 2.75) is 24.2 Å². The van der Waals surface area contributed by atoms with Crippen molar-refractivity contribution < 1.29 is 18.1 Å². The number of carbonyl (C=O) groups is 1. The van der Waals surface area contributed by atoms with Crippen molar-refractivity contribution in [1.29, 1.82) is 0 Å². The molecule has 2 aromatic carbocycles. The van der Waals surface area contributed by atoms with Crippen LogP contribution in [0.3, 0.4) is 0 Å². The number of aromatic nitrogens is 2. The molecule has 1 aliphatic carbocycles. The van der Waals surface area contributed by atoms with Crippen LogP contribution >= 0.6 is 0 Å². The summed E-state index contributed by atoms with van der Waals surface area (Å²) < 4.78 is 29.2. The van der Waals surface area contributed by atoms with Crippen LogP contribution in [0, 0.1) is 10.1 Å². The molecule has 0 saturated carbocycles. The Morgan fingerprint density at radius 2 is 1.76 bits per heavy atom. The molecule has 176 valence electrons. The van der Waals surface area contributed by atoms with E-state index in [0.29, 0.717) is 10.6 Å². The van der Waals surface area contributed by atoms with E-state index >= 15 is 0 Å². The lowest BCUT2D eigenvalue weighted by molar-refractivity contribution is -0.384. The Morgan fingerprint density at radius 3 is 2.47 bits per heavy atom. The third kappa shape index (κ3) is 3.97. The number of carbonyl (C=O) groups excluding carboxylic acids is 1. The second-order valence-electron chi connectivity index (χ2n) is 8.41. The highest BCUT2D eigenvalue weighted by Gasteiger charge is 2.32. The van der Waals surface area contributed by atoms with E-state index in [1.54, 1.807) is 24.4 Å². The van der Waals surface area contributed by atoms with Crippen LogP contribution in [0.15, 0.2) is 60.0 Å². The molecule has 1 fully saturated rings. The number of nitro groups is 1. The van der Waals surface area contributed by atoms with Gasteiger partial charge >= 0.3 is 0 Å². The van der Waals surface area contributed by atoms with Gasteiger partial charge in [0.15, 0.2) is 0 Å². The molecule has 1 amide bonds. The molecule has 11 heteroatoms. The van der Waals surface area contributed by atoms with Crippen molar-refractivity contribution in [2.75, 3.05) is 26.2 Å². The maximum absolute atomic E-state index is 13.1. The monoisotopic (exact) mass is 481 g/mol. The van der Waals surface area contributed by atoms with Crippen LogP contribution < -0.4 is 0 Å². The number of rotatable bonds is 5. The largest absolute Gasteiger partial charge is 0.336 e.